The molecule has 0 spiro atoms. The van der Waals surface area contributed by atoms with E-state index in [0.29, 0.717) is 25.5 Å². The Morgan fingerprint density at radius 1 is 0.756 bits per heavy atom. The van der Waals surface area contributed by atoms with Crippen LogP contribution in [-0.4, -0.2) is 24.2 Å². The van der Waals surface area contributed by atoms with E-state index in [0.717, 1.165) is 71.2 Å². The van der Waals surface area contributed by atoms with E-state index in [9.17, 15) is 4.79 Å². The second-order valence-electron chi connectivity index (χ2n) is 11.2. The SMILES string of the molecule is CCOC(=O)CCCCCOc1ccc2cc(-c3nc4ccc(N(Cc5ccccc5)Cc5ccccc5)cc4o3)ccc2c1. The number of hydrogen-bond acceptors (Lipinski definition) is 6. The molecule has 6 heteroatoms. The molecule has 1 aromatic heterocycles. The summed E-state index contributed by atoms with van der Waals surface area (Å²) < 4.78 is 17.3. The number of oxazole rings is 1. The molecule has 6 rings (SSSR count). The van der Waals surface area contributed by atoms with Crippen molar-refractivity contribution in [1.29, 1.82) is 0 Å². The summed E-state index contributed by atoms with van der Waals surface area (Å²) in [5, 5.41) is 2.18. The molecule has 0 aliphatic heterocycles. The molecule has 1 heterocycles. The van der Waals surface area contributed by atoms with Crippen molar-refractivity contribution in [2.75, 3.05) is 18.1 Å². The molecule has 0 radical (unpaired) electrons. The van der Waals surface area contributed by atoms with Crippen molar-refractivity contribution in [3.05, 3.63) is 126 Å². The number of esters is 1. The average molecular weight is 599 g/mol. The van der Waals surface area contributed by atoms with Crippen LogP contribution in [0.1, 0.15) is 43.7 Å². The lowest BCUT2D eigenvalue weighted by molar-refractivity contribution is -0.143. The highest BCUT2D eigenvalue weighted by Gasteiger charge is 2.14. The third-order valence-electron chi connectivity index (χ3n) is 7.83. The molecule has 228 valence electrons. The van der Waals surface area contributed by atoms with Gasteiger partial charge in [-0.2, -0.15) is 0 Å². The monoisotopic (exact) mass is 598 g/mol. The van der Waals surface area contributed by atoms with Gasteiger partial charge in [-0.25, -0.2) is 4.98 Å². The number of ether oxygens (including phenoxy) is 2. The van der Waals surface area contributed by atoms with E-state index in [4.69, 9.17) is 18.9 Å². The number of benzene rings is 5. The summed E-state index contributed by atoms with van der Waals surface area (Å²) >= 11 is 0. The lowest BCUT2D eigenvalue weighted by Gasteiger charge is -2.25. The third kappa shape index (κ3) is 7.90. The minimum absolute atomic E-state index is 0.126. The topological polar surface area (TPSA) is 64.8 Å². The Morgan fingerprint density at radius 3 is 2.20 bits per heavy atom. The molecule has 0 unspecified atom stereocenters. The molecule has 45 heavy (non-hydrogen) atoms. The molecule has 0 amide bonds. The predicted octanol–water partition coefficient (Wildman–Crippen LogP) is 9.36. The fraction of sp³-hybridized carbons (Fsp3) is 0.231. The van der Waals surface area contributed by atoms with Gasteiger partial charge in [-0.05, 0) is 84.5 Å². The van der Waals surface area contributed by atoms with Crippen molar-refractivity contribution >= 4 is 33.5 Å². The number of hydrogen-bond donors (Lipinski definition) is 0. The molecule has 0 aliphatic carbocycles. The summed E-state index contributed by atoms with van der Waals surface area (Å²) in [6.07, 6.45) is 3.11. The molecule has 6 nitrogen and oxygen atoms in total. The van der Waals surface area contributed by atoms with E-state index in [1.807, 2.05) is 37.3 Å². The van der Waals surface area contributed by atoms with Gasteiger partial charge in [-0.15, -0.1) is 0 Å². The van der Waals surface area contributed by atoms with Gasteiger partial charge in [0.1, 0.15) is 11.3 Å². The summed E-state index contributed by atoms with van der Waals surface area (Å²) in [5.41, 5.74) is 6.12. The molecular weight excluding hydrogens is 560 g/mol. The molecule has 0 aliphatic rings. The molecular formula is C39H38N2O4. The van der Waals surface area contributed by atoms with Crippen molar-refractivity contribution < 1.29 is 18.7 Å². The lowest BCUT2D eigenvalue weighted by Crippen LogP contribution is -2.22. The highest BCUT2D eigenvalue weighted by atomic mass is 16.5. The van der Waals surface area contributed by atoms with Crippen LogP contribution in [0.2, 0.25) is 0 Å². The second kappa shape index (κ2) is 14.6. The van der Waals surface area contributed by atoms with E-state index in [-0.39, 0.29) is 5.97 Å². The highest BCUT2D eigenvalue weighted by Crippen LogP contribution is 2.31. The van der Waals surface area contributed by atoms with E-state index >= 15 is 0 Å². The fourth-order valence-corrected chi connectivity index (χ4v) is 5.50. The van der Waals surface area contributed by atoms with Crippen LogP contribution >= 0.6 is 0 Å². The van der Waals surface area contributed by atoms with Crippen molar-refractivity contribution in [3.63, 3.8) is 0 Å². The largest absolute Gasteiger partial charge is 0.494 e. The Kier molecular flexibility index (Phi) is 9.71. The maximum atomic E-state index is 11.5. The summed E-state index contributed by atoms with van der Waals surface area (Å²) in [5.74, 6) is 1.31. The first-order valence-electron chi connectivity index (χ1n) is 15.7. The van der Waals surface area contributed by atoms with Crippen LogP contribution in [0, 0.1) is 0 Å². The zero-order valence-electron chi connectivity index (χ0n) is 25.7. The van der Waals surface area contributed by atoms with Gasteiger partial charge >= 0.3 is 5.97 Å². The Morgan fingerprint density at radius 2 is 1.47 bits per heavy atom. The molecule has 6 aromatic rings. The molecule has 0 saturated carbocycles. The summed E-state index contributed by atoms with van der Waals surface area (Å²) in [7, 11) is 0. The number of carbonyl (C=O) groups is 1. The highest BCUT2D eigenvalue weighted by molar-refractivity contribution is 5.88. The Hall–Kier alpha value is -5.10. The van der Waals surface area contributed by atoms with Crippen LogP contribution in [0.5, 0.6) is 5.75 Å². The second-order valence-corrected chi connectivity index (χ2v) is 11.2. The van der Waals surface area contributed by atoms with Crippen LogP contribution in [0.15, 0.2) is 120 Å². The quantitative estimate of drug-likeness (QED) is 0.0919. The molecule has 0 bridgehead atoms. The molecule has 5 aromatic carbocycles. The number of aromatic nitrogens is 1. The van der Waals surface area contributed by atoms with Gasteiger partial charge < -0.3 is 18.8 Å². The normalized spacial score (nSPS) is 11.1. The zero-order chi connectivity index (χ0) is 30.8. The van der Waals surface area contributed by atoms with Crippen molar-refractivity contribution in [2.24, 2.45) is 0 Å². The Labute approximate surface area is 264 Å². The predicted molar refractivity (Wildman–Crippen MR) is 180 cm³/mol. The number of rotatable bonds is 14. The summed E-state index contributed by atoms with van der Waals surface area (Å²) in [4.78, 5) is 18.7. The van der Waals surface area contributed by atoms with Crippen LogP contribution in [0.25, 0.3) is 33.3 Å². The van der Waals surface area contributed by atoms with Crippen LogP contribution in [0.4, 0.5) is 5.69 Å². The minimum atomic E-state index is -0.126. The van der Waals surface area contributed by atoms with Gasteiger partial charge in [0.15, 0.2) is 5.58 Å². The number of unbranched alkanes of at least 4 members (excludes halogenated alkanes) is 2. The minimum Gasteiger partial charge on any atom is -0.494 e. The Balaban J connectivity index is 1.14. The molecule has 0 fully saturated rings. The van der Waals surface area contributed by atoms with E-state index in [2.05, 4.69) is 89.8 Å². The van der Waals surface area contributed by atoms with E-state index in [1.165, 1.54) is 11.1 Å². The first-order chi connectivity index (χ1) is 22.1. The fourth-order valence-electron chi connectivity index (χ4n) is 5.50. The maximum absolute atomic E-state index is 11.5. The summed E-state index contributed by atoms with van der Waals surface area (Å²) in [6.45, 7) is 4.45. The van der Waals surface area contributed by atoms with E-state index < -0.39 is 0 Å². The van der Waals surface area contributed by atoms with Crippen LogP contribution < -0.4 is 9.64 Å². The zero-order valence-corrected chi connectivity index (χ0v) is 25.7. The smallest absolute Gasteiger partial charge is 0.305 e. The standard InChI is InChI=1S/C39H38N2O4/c1-2-43-38(42)16-10-5-11-23-44-35-21-19-31-24-33(18-17-32(31)25-35)39-40-36-22-20-34(26-37(36)45-39)41(27-29-12-6-3-7-13-29)28-30-14-8-4-9-15-30/h3-4,6-9,12-15,17-22,24-26H,2,5,10-11,16,23,27-28H2,1H3. The lowest BCUT2D eigenvalue weighted by atomic mass is 10.1. The van der Waals surface area contributed by atoms with Gasteiger partial charge in [-0.3, -0.25) is 4.79 Å². The van der Waals surface area contributed by atoms with Gasteiger partial charge in [-0.1, -0.05) is 72.8 Å². The van der Waals surface area contributed by atoms with Crippen LogP contribution in [0.3, 0.4) is 0 Å². The van der Waals surface area contributed by atoms with Gasteiger partial charge in [0.05, 0.1) is 13.2 Å². The summed E-state index contributed by atoms with van der Waals surface area (Å²) in [6, 6.07) is 39.7. The molecule has 0 atom stereocenters. The van der Waals surface area contributed by atoms with Gasteiger partial charge in [0, 0.05) is 36.8 Å². The number of anilines is 1. The molecule has 0 saturated heterocycles. The van der Waals surface area contributed by atoms with E-state index in [1.54, 1.807) is 0 Å². The number of nitrogens with zero attached hydrogens (tertiary/aromatic N) is 2. The number of carbonyl (C=O) groups excluding carboxylic acids is 1. The van der Waals surface area contributed by atoms with Crippen molar-refractivity contribution in [1.82, 2.24) is 4.98 Å². The third-order valence-corrected chi connectivity index (χ3v) is 7.83. The Bertz CT molecular complexity index is 1810. The molecule has 0 N–H and O–H groups in total. The maximum Gasteiger partial charge on any atom is 0.305 e. The van der Waals surface area contributed by atoms with Gasteiger partial charge in [0.2, 0.25) is 5.89 Å². The number of fused-ring (bicyclic) bond motifs is 2. The van der Waals surface area contributed by atoms with Crippen molar-refractivity contribution in [3.8, 4) is 17.2 Å². The first-order valence-corrected chi connectivity index (χ1v) is 15.7. The first kappa shape index (κ1) is 29.9. The van der Waals surface area contributed by atoms with Crippen LogP contribution in [-0.2, 0) is 22.6 Å². The van der Waals surface area contributed by atoms with Gasteiger partial charge in [0.25, 0.3) is 0 Å². The average Bonchev–Trinajstić information content (AvgIpc) is 3.50. The van der Waals surface area contributed by atoms with Crippen molar-refractivity contribution in [2.45, 2.75) is 45.7 Å².